The average Bonchev–Trinajstić information content (AvgIpc) is 2.16. The van der Waals surface area contributed by atoms with Crippen LogP contribution in [0.3, 0.4) is 0 Å². The molecule has 0 heterocycles. The zero-order valence-electron chi connectivity index (χ0n) is 8.67. The van der Waals surface area contributed by atoms with Crippen LogP contribution in [0.4, 0.5) is 8.78 Å². The number of ether oxygens (including phenoxy) is 1. The van der Waals surface area contributed by atoms with Crippen molar-refractivity contribution in [1.29, 1.82) is 0 Å². The Morgan fingerprint density at radius 3 is 2.44 bits per heavy atom. The Hall–Kier alpha value is -1.16. The number of esters is 1. The molecule has 0 spiro atoms. The van der Waals surface area contributed by atoms with Crippen molar-refractivity contribution in [2.24, 2.45) is 0 Å². The summed E-state index contributed by atoms with van der Waals surface area (Å²) in [5.74, 6) is -1.97. The molecule has 1 aromatic rings. The lowest BCUT2D eigenvalue weighted by Gasteiger charge is -2.08. The fourth-order valence-electron chi connectivity index (χ4n) is 1.25. The van der Waals surface area contributed by atoms with Crippen molar-refractivity contribution in [1.82, 2.24) is 0 Å². The third-order valence-electron chi connectivity index (χ3n) is 1.88. The molecule has 1 rings (SSSR count). The Kier molecular flexibility index (Phi) is 4.68. The molecule has 5 heteroatoms. The van der Waals surface area contributed by atoms with Crippen LogP contribution in [-0.2, 0) is 16.0 Å². The van der Waals surface area contributed by atoms with Gasteiger partial charge in [-0.15, -0.1) is 11.6 Å². The highest BCUT2D eigenvalue weighted by molar-refractivity contribution is 6.30. The number of benzene rings is 1. The molecule has 0 saturated carbocycles. The summed E-state index contributed by atoms with van der Waals surface area (Å²) in [5.41, 5.74) is 0.325. The number of hydrogen-bond donors (Lipinski definition) is 0. The van der Waals surface area contributed by atoms with Crippen molar-refractivity contribution in [2.45, 2.75) is 18.7 Å². The van der Waals surface area contributed by atoms with Crippen molar-refractivity contribution in [3.8, 4) is 0 Å². The summed E-state index contributed by atoms with van der Waals surface area (Å²) in [6.07, 6.45) is 0.0368. The SMILES string of the molecule is CCOC(=O)C(Cl)Cc1cc(F)cc(F)c1. The lowest BCUT2D eigenvalue weighted by Crippen LogP contribution is -2.20. The maximum atomic E-state index is 12.8. The summed E-state index contributed by atoms with van der Waals surface area (Å²) in [6, 6.07) is 3.03. The van der Waals surface area contributed by atoms with Crippen LogP contribution < -0.4 is 0 Å². The summed E-state index contributed by atoms with van der Waals surface area (Å²) in [5, 5.41) is -0.929. The summed E-state index contributed by atoms with van der Waals surface area (Å²) >= 11 is 5.73. The minimum atomic E-state index is -0.929. The van der Waals surface area contributed by atoms with Crippen LogP contribution in [0.1, 0.15) is 12.5 Å². The molecular weight excluding hydrogens is 238 g/mol. The van der Waals surface area contributed by atoms with E-state index in [0.29, 0.717) is 5.56 Å². The smallest absolute Gasteiger partial charge is 0.324 e. The minimum Gasteiger partial charge on any atom is -0.465 e. The quantitative estimate of drug-likeness (QED) is 0.605. The Labute approximate surface area is 97.2 Å². The topological polar surface area (TPSA) is 26.3 Å². The number of carbonyl (C=O) groups excluding carboxylic acids is 1. The predicted molar refractivity (Wildman–Crippen MR) is 56.3 cm³/mol. The lowest BCUT2D eigenvalue weighted by molar-refractivity contribution is -0.142. The second-order valence-electron chi connectivity index (χ2n) is 3.20. The first-order chi connectivity index (χ1) is 7.52. The molecule has 1 unspecified atom stereocenters. The van der Waals surface area contributed by atoms with E-state index in [-0.39, 0.29) is 13.0 Å². The third-order valence-corrected chi connectivity index (χ3v) is 2.21. The maximum absolute atomic E-state index is 12.8. The van der Waals surface area contributed by atoms with Gasteiger partial charge in [0.25, 0.3) is 0 Å². The van der Waals surface area contributed by atoms with Crippen LogP contribution in [0.5, 0.6) is 0 Å². The maximum Gasteiger partial charge on any atom is 0.324 e. The van der Waals surface area contributed by atoms with Crippen LogP contribution >= 0.6 is 11.6 Å². The normalized spacial score (nSPS) is 12.2. The second kappa shape index (κ2) is 5.80. The first kappa shape index (κ1) is 12.9. The highest BCUT2D eigenvalue weighted by Gasteiger charge is 2.17. The third kappa shape index (κ3) is 3.77. The molecule has 2 nitrogen and oxygen atoms in total. The van der Waals surface area contributed by atoms with Gasteiger partial charge in [0, 0.05) is 6.07 Å². The zero-order valence-corrected chi connectivity index (χ0v) is 9.43. The summed E-state index contributed by atoms with van der Waals surface area (Å²) in [4.78, 5) is 11.2. The molecule has 16 heavy (non-hydrogen) atoms. The van der Waals surface area contributed by atoms with Gasteiger partial charge < -0.3 is 4.74 Å². The van der Waals surface area contributed by atoms with Crippen molar-refractivity contribution in [3.05, 3.63) is 35.4 Å². The zero-order chi connectivity index (χ0) is 12.1. The summed E-state index contributed by atoms with van der Waals surface area (Å²) in [6.45, 7) is 1.88. The van der Waals surface area contributed by atoms with Crippen LogP contribution in [0.25, 0.3) is 0 Å². The van der Waals surface area contributed by atoms with E-state index < -0.39 is 23.0 Å². The molecule has 1 aromatic carbocycles. The van der Waals surface area contributed by atoms with Crippen molar-refractivity contribution < 1.29 is 18.3 Å². The first-order valence-corrected chi connectivity index (χ1v) is 5.22. The van der Waals surface area contributed by atoms with Gasteiger partial charge in [-0.3, -0.25) is 4.79 Å². The second-order valence-corrected chi connectivity index (χ2v) is 3.73. The molecule has 1 atom stereocenters. The molecule has 0 aliphatic heterocycles. The predicted octanol–water partition coefficient (Wildman–Crippen LogP) is 2.68. The summed E-state index contributed by atoms with van der Waals surface area (Å²) < 4.78 is 30.3. The van der Waals surface area contributed by atoms with Gasteiger partial charge in [-0.25, -0.2) is 8.78 Å². The molecule has 0 saturated heterocycles. The van der Waals surface area contributed by atoms with Gasteiger partial charge in [0.2, 0.25) is 0 Å². The highest BCUT2D eigenvalue weighted by atomic mass is 35.5. The molecule has 0 aromatic heterocycles. The van der Waals surface area contributed by atoms with Crippen molar-refractivity contribution >= 4 is 17.6 Å². The molecule has 0 aliphatic rings. The molecule has 0 aliphatic carbocycles. The molecule has 0 fully saturated rings. The van der Waals surface area contributed by atoms with Crippen molar-refractivity contribution in [3.63, 3.8) is 0 Å². The van der Waals surface area contributed by atoms with Crippen molar-refractivity contribution in [2.75, 3.05) is 6.61 Å². The van der Waals surface area contributed by atoms with E-state index in [4.69, 9.17) is 11.6 Å². The fraction of sp³-hybridized carbons (Fsp3) is 0.364. The van der Waals surface area contributed by atoms with E-state index in [1.807, 2.05) is 0 Å². The Morgan fingerprint density at radius 1 is 1.38 bits per heavy atom. The molecule has 0 N–H and O–H groups in total. The van der Waals surface area contributed by atoms with E-state index in [1.54, 1.807) is 6.92 Å². The van der Waals surface area contributed by atoms with Gasteiger partial charge in [0.05, 0.1) is 6.61 Å². The fourth-order valence-corrected chi connectivity index (χ4v) is 1.49. The standard InChI is InChI=1S/C11H11ClF2O2/c1-2-16-11(15)10(12)5-7-3-8(13)6-9(14)4-7/h3-4,6,10H,2,5H2,1H3. The van der Waals surface area contributed by atoms with E-state index in [1.165, 1.54) is 0 Å². The molecular formula is C11H11ClF2O2. The number of halogens is 3. The Bertz CT molecular complexity index is 362. The molecule has 88 valence electrons. The number of hydrogen-bond acceptors (Lipinski definition) is 2. The van der Waals surface area contributed by atoms with E-state index in [0.717, 1.165) is 18.2 Å². The van der Waals surface area contributed by atoms with E-state index in [9.17, 15) is 13.6 Å². The number of rotatable bonds is 4. The summed E-state index contributed by atoms with van der Waals surface area (Å²) in [7, 11) is 0. The van der Waals surface area contributed by atoms with Gasteiger partial charge in [0.1, 0.15) is 17.0 Å². The van der Waals surface area contributed by atoms with Gasteiger partial charge in [-0.1, -0.05) is 0 Å². The van der Waals surface area contributed by atoms with Gasteiger partial charge in [-0.2, -0.15) is 0 Å². The van der Waals surface area contributed by atoms with Gasteiger partial charge in [0.15, 0.2) is 0 Å². The lowest BCUT2D eigenvalue weighted by atomic mass is 10.1. The molecule has 0 amide bonds. The van der Waals surface area contributed by atoms with Crippen LogP contribution in [0.2, 0.25) is 0 Å². The molecule has 0 radical (unpaired) electrons. The van der Waals surface area contributed by atoms with Crippen LogP contribution in [-0.4, -0.2) is 18.0 Å². The average molecular weight is 249 g/mol. The Balaban J connectivity index is 2.69. The first-order valence-electron chi connectivity index (χ1n) is 4.78. The monoisotopic (exact) mass is 248 g/mol. The number of alkyl halides is 1. The van der Waals surface area contributed by atoms with Crippen LogP contribution in [0.15, 0.2) is 18.2 Å². The van der Waals surface area contributed by atoms with Gasteiger partial charge in [-0.05, 0) is 31.0 Å². The largest absolute Gasteiger partial charge is 0.465 e. The Morgan fingerprint density at radius 2 is 1.94 bits per heavy atom. The highest BCUT2D eigenvalue weighted by Crippen LogP contribution is 2.13. The van der Waals surface area contributed by atoms with Gasteiger partial charge >= 0.3 is 5.97 Å². The van der Waals surface area contributed by atoms with E-state index in [2.05, 4.69) is 4.74 Å². The van der Waals surface area contributed by atoms with E-state index >= 15 is 0 Å². The minimum absolute atomic E-state index is 0.0368. The molecule has 0 bridgehead atoms. The number of carbonyl (C=O) groups is 1. The van der Waals surface area contributed by atoms with Crippen LogP contribution in [0, 0.1) is 11.6 Å².